The third kappa shape index (κ3) is 2.90. The van der Waals surface area contributed by atoms with E-state index in [0.29, 0.717) is 36.1 Å². The number of likely N-dealkylation sites (tertiary alicyclic amines) is 1. The second-order valence-corrected chi connectivity index (χ2v) is 6.15. The zero-order valence-electron chi connectivity index (χ0n) is 12.0. The molecule has 1 saturated heterocycles. The Hall–Kier alpha value is -2.12. The summed E-state index contributed by atoms with van der Waals surface area (Å²) in [6.07, 6.45) is 2.37. The van der Waals surface area contributed by atoms with E-state index in [0.717, 1.165) is 6.42 Å². The van der Waals surface area contributed by atoms with Crippen molar-refractivity contribution in [3.8, 4) is 0 Å². The van der Waals surface area contributed by atoms with Crippen LogP contribution in [0, 0.1) is 5.92 Å². The lowest BCUT2D eigenvalue weighted by molar-refractivity contribution is 0.0789. The molecule has 3 heterocycles. The Morgan fingerprint density at radius 2 is 2.32 bits per heavy atom. The molecule has 1 aliphatic heterocycles. The molecule has 22 heavy (non-hydrogen) atoms. The number of nitrogens with zero attached hydrogens (tertiary/aromatic N) is 1. The number of hydrogen-bond donors (Lipinski definition) is 2. The maximum absolute atomic E-state index is 12.6. The molecule has 0 aliphatic carbocycles. The minimum Gasteiger partial charge on any atom is -0.459 e. The lowest BCUT2D eigenvalue weighted by Crippen LogP contribution is -2.30. The van der Waals surface area contributed by atoms with Crippen LogP contribution in [0.2, 0.25) is 0 Å². The van der Waals surface area contributed by atoms with Gasteiger partial charge in [0.15, 0.2) is 5.76 Å². The summed E-state index contributed by atoms with van der Waals surface area (Å²) >= 11 is 1.32. The van der Waals surface area contributed by atoms with Crippen LogP contribution in [0.15, 0.2) is 34.3 Å². The molecule has 0 radical (unpaired) electrons. The molecule has 7 heteroatoms. The van der Waals surface area contributed by atoms with Gasteiger partial charge >= 0.3 is 0 Å². The summed E-state index contributed by atoms with van der Waals surface area (Å²) in [7, 11) is 0. The number of nitrogens with one attached hydrogen (secondary N) is 1. The maximum Gasteiger partial charge on any atom is 0.291 e. The van der Waals surface area contributed by atoms with E-state index in [-0.39, 0.29) is 17.6 Å². The van der Waals surface area contributed by atoms with E-state index in [1.807, 2.05) is 0 Å². The fourth-order valence-corrected chi connectivity index (χ4v) is 3.30. The van der Waals surface area contributed by atoms with Gasteiger partial charge in [0.05, 0.1) is 11.8 Å². The highest BCUT2D eigenvalue weighted by atomic mass is 32.1. The van der Waals surface area contributed by atoms with Crippen LogP contribution in [0.3, 0.4) is 0 Å². The lowest BCUT2D eigenvalue weighted by atomic mass is 10.1. The van der Waals surface area contributed by atoms with Crippen LogP contribution in [0.4, 0.5) is 5.00 Å². The number of furan rings is 1. The van der Waals surface area contributed by atoms with Crippen LogP contribution >= 0.6 is 11.3 Å². The van der Waals surface area contributed by atoms with Gasteiger partial charge in [-0.25, -0.2) is 0 Å². The number of thiophene rings is 1. The molecule has 1 fully saturated rings. The number of rotatable bonds is 4. The smallest absolute Gasteiger partial charge is 0.291 e. The Kier molecular flexibility index (Phi) is 4.26. The number of carbonyl (C=O) groups is 2. The van der Waals surface area contributed by atoms with Gasteiger partial charge in [0.2, 0.25) is 0 Å². The maximum atomic E-state index is 12.6. The van der Waals surface area contributed by atoms with E-state index in [1.165, 1.54) is 17.6 Å². The first-order valence-corrected chi connectivity index (χ1v) is 7.98. The minimum absolute atomic E-state index is 0.0630. The number of carbonyl (C=O) groups excluding carboxylic acids is 2. The normalized spacial score (nSPS) is 17.7. The quantitative estimate of drug-likeness (QED) is 0.902. The van der Waals surface area contributed by atoms with Crippen LogP contribution in [0.1, 0.15) is 27.3 Å². The van der Waals surface area contributed by atoms with E-state index in [4.69, 9.17) is 10.2 Å². The van der Waals surface area contributed by atoms with E-state index in [2.05, 4.69) is 5.32 Å². The van der Waals surface area contributed by atoms with Gasteiger partial charge in [0, 0.05) is 13.1 Å². The van der Waals surface area contributed by atoms with Gasteiger partial charge in [-0.3, -0.25) is 9.59 Å². The summed E-state index contributed by atoms with van der Waals surface area (Å²) in [4.78, 5) is 26.4. The second-order valence-electron chi connectivity index (χ2n) is 5.24. The van der Waals surface area contributed by atoms with Crippen LogP contribution in [-0.2, 0) is 0 Å². The lowest BCUT2D eigenvalue weighted by Gasteiger charge is -2.16. The van der Waals surface area contributed by atoms with Crippen LogP contribution in [0.5, 0.6) is 0 Å². The molecule has 0 aromatic carbocycles. The van der Waals surface area contributed by atoms with Gasteiger partial charge in [0.25, 0.3) is 11.8 Å². The summed E-state index contributed by atoms with van der Waals surface area (Å²) in [6, 6.07) is 4.96. The largest absolute Gasteiger partial charge is 0.459 e. The Morgan fingerprint density at radius 1 is 1.45 bits per heavy atom. The fraction of sp³-hybridized carbons (Fsp3) is 0.333. The summed E-state index contributed by atoms with van der Waals surface area (Å²) < 4.78 is 5.06. The van der Waals surface area contributed by atoms with Gasteiger partial charge in [-0.2, -0.15) is 0 Å². The molecule has 2 amide bonds. The third-order valence-electron chi connectivity index (χ3n) is 3.77. The summed E-state index contributed by atoms with van der Waals surface area (Å²) in [6.45, 7) is 1.98. The van der Waals surface area contributed by atoms with E-state index in [1.54, 1.807) is 28.5 Å². The van der Waals surface area contributed by atoms with E-state index >= 15 is 0 Å². The monoisotopic (exact) mass is 319 g/mol. The van der Waals surface area contributed by atoms with Crippen molar-refractivity contribution >= 4 is 28.2 Å². The Morgan fingerprint density at radius 3 is 3.00 bits per heavy atom. The average Bonchev–Trinajstić information content (AvgIpc) is 3.26. The van der Waals surface area contributed by atoms with E-state index < -0.39 is 0 Å². The highest BCUT2D eigenvalue weighted by molar-refractivity contribution is 7.14. The van der Waals surface area contributed by atoms with Crippen molar-refractivity contribution in [1.29, 1.82) is 0 Å². The Balaban J connectivity index is 1.72. The molecule has 116 valence electrons. The number of anilines is 1. The zero-order chi connectivity index (χ0) is 15.5. The molecule has 3 N–H and O–H groups in total. The van der Waals surface area contributed by atoms with Crippen molar-refractivity contribution in [2.24, 2.45) is 11.7 Å². The molecule has 1 atom stereocenters. The Labute approximate surface area is 131 Å². The minimum atomic E-state index is -0.359. The topological polar surface area (TPSA) is 88.6 Å². The highest BCUT2D eigenvalue weighted by Crippen LogP contribution is 2.27. The molecule has 1 unspecified atom stereocenters. The number of amides is 2. The van der Waals surface area contributed by atoms with Crippen molar-refractivity contribution < 1.29 is 14.0 Å². The first kappa shape index (κ1) is 14.8. The predicted molar refractivity (Wildman–Crippen MR) is 84.0 cm³/mol. The van der Waals surface area contributed by atoms with Crippen molar-refractivity contribution in [2.45, 2.75) is 6.42 Å². The predicted octanol–water partition coefficient (Wildman–Crippen LogP) is 2.01. The van der Waals surface area contributed by atoms with E-state index in [9.17, 15) is 9.59 Å². The first-order valence-electron chi connectivity index (χ1n) is 7.10. The zero-order valence-corrected chi connectivity index (χ0v) is 12.8. The molecule has 2 aromatic heterocycles. The summed E-state index contributed by atoms with van der Waals surface area (Å²) in [5, 5.41) is 5.07. The van der Waals surface area contributed by atoms with Gasteiger partial charge in [-0.1, -0.05) is 0 Å². The summed E-state index contributed by atoms with van der Waals surface area (Å²) in [5.74, 6) is 0.162. The molecule has 0 bridgehead atoms. The highest BCUT2D eigenvalue weighted by Gasteiger charge is 2.28. The van der Waals surface area contributed by atoms with Crippen LogP contribution < -0.4 is 11.1 Å². The van der Waals surface area contributed by atoms with Crippen LogP contribution in [-0.4, -0.2) is 36.3 Å². The molecule has 0 spiro atoms. The molecule has 1 aliphatic rings. The first-order chi connectivity index (χ1) is 10.7. The summed E-state index contributed by atoms with van der Waals surface area (Å²) in [5.41, 5.74) is 6.18. The molecule has 6 nitrogen and oxygen atoms in total. The van der Waals surface area contributed by atoms with Gasteiger partial charge < -0.3 is 20.4 Å². The van der Waals surface area contributed by atoms with Gasteiger partial charge in [0.1, 0.15) is 5.00 Å². The molecular formula is C15H17N3O3S. The molecule has 3 rings (SSSR count). The van der Waals surface area contributed by atoms with Crippen molar-refractivity contribution in [3.05, 3.63) is 41.2 Å². The second kappa shape index (κ2) is 6.33. The fourth-order valence-electron chi connectivity index (χ4n) is 2.53. The van der Waals surface area contributed by atoms with Crippen molar-refractivity contribution in [2.75, 3.05) is 25.0 Å². The standard InChI is InChI=1S/C15H17N3O3S/c16-8-10-3-5-18(9-10)15(20)11-4-7-22-14(11)17-13(19)12-2-1-6-21-12/h1-2,4,6-7,10H,3,5,8-9,16H2,(H,17,19). The van der Waals surface area contributed by atoms with Gasteiger partial charge in [-0.05, 0) is 42.5 Å². The number of nitrogens with two attached hydrogens (primary N) is 1. The Bertz CT molecular complexity index is 665. The SMILES string of the molecule is NCC1CCN(C(=O)c2ccsc2NC(=O)c2ccco2)C1. The van der Waals surface area contributed by atoms with Crippen molar-refractivity contribution in [1.82, 2.24) is 4.90 Å². The number of hydrogen-bond acceptors (Lipinski definition) is 5. The molecular weight excluding hydrogens is 302 g/mol. The molecule has 2 aromatic rings. The molecule has 0 saturated carbocycles. The van der Waals surface area contributed by atoms with Gasteiger partial charge in [-0.15, -0.1) is 11.3 Å². The average molecular weight is 319 g/mol. The van der Waals surface area contributed by atoms with Crippen molar-refractivity contribution in [3.63, 3.8) is 0 Å². The third-order valence-corrected chi connectivity index (χ3v) is 4.60. The van der Waals surface area contributed by atoms with Crippen LogP contribution in [0.25, 0.3) is 0 Å².